The monoisotopic (exact) mass is 345 g/mol. The summed E-state index contributed by atoms with van der Waals surface area (Å²) in [7, 11) is 1.56. The molecule has 0 saturated carbocycles. The first-order chi connectivity index (χ1) is 12.6. The number of aryl methyl sites for hydroxylation is 2. The van der Waals surface area contributed by atoms with Crippen molar-refractivity contribution >= 4 is 11.5 Å². The Bertz CT molecular complexity index is 940. The van der Waals surface area contributed by atoms with Crippen molar-refractivity contribution in [2.24, 2.45) is 0 Å². The quantitative estimate of drug-likeness (QED) is 0.695. The van der Waals surface area contributed by atoms with E-state index in [0.717, 1.165) is 22.6 Å². The number of ether oxygens (including phenoxy) is 2. The summed E-state index contributed by atoms with van der Waals surface area (Å²) in [6.07, 6.45) is 0. The topological polar surface area (TPSA) is 67.2 Å². The molecule has 0 amide bonds. The largest absolute Gasteiger partial charge is 0.481 e. The van der Waals surface area contributed by atoms with E-state index in [0.29, 0.717) is 23.0 Å². The summed E-state index contributed by atoms with van der Waals surface area (Å²) in [5, 5.41) is 12.1. The first-order valence-corrected chi connectivity index (χ1v) is 8.15. The lowest BCUT2D eigenvalue weighted by molar-refractivity contribution is 0.393. The Morgan fingerprint density at radius 2 is 1.58 bits per heavy atom. The van der Waals surface area contributed by atoms with Gasteiger partial charge in [0.2, 0.25) is 5.88 Å². The van der Waals surface area contributed by atoms with Gasteiger partial charge in [-0.3, -0.25) is 0 Å². The molecule has 0 unspecified atom stereocenters. The Morgan fingerprint density at radius 1 is 0.923 bits per heavy atom. The molecule has 5 heteroatoms. The Labute approximate surface area is 152 Å². The third-order valence-corrected chi connectivity index (χ3v) is 3.70. The zero-order valence-corrected chi connectivity index (χ0v) is 14.9. The van der Waals surface area contributed by atoms with E-state index in [1.807, 2.05) is 38.1 Å². The lowest BCUT2D eigenvalue weighted by Crippen LogP contribution is -1.97. The number of rotatable bonds is 5. The fourth-order valence-electron chi connectivity index (χ4n) is 2.61. The van der Waals surface area contributed by atoms with Gasteiger partial charge in [-0.25, -0.2) is 0 Å². The standard InChI is InChI=1S/C21H19N3O2/c1-14-8-15(2)10-18(9-14)26-19-11-20(24-21(12-19)25-3)23-17-6-4-16(13-22)5-7-17/h4-12H,1-3H3,(H,23,24). The van der Waals surface area contributed by atoms with E-state index in [1.165, 1.54) is 0 Å². The fraction of sp³-hybridized carbons (Fsp3) is 0.143. The molecule has 26 heavy (non-hydrogen) atoms. The zero-order chi connectivity index (χ0) is 18.5. The molecule has 1 heterocycles. The van der Waals surface area contributed by atoms with E-state index in [1.54, 1.807) is 31.4 Å². The Balaban J connectivity index is 1.86. The van der Waals surface area contributed by atoms with Crippen LogP contribution in [0.15, 0.2) is 54.6 Å². The molecule has 0 aliphatic carbocycles. The molecular weight excluding hydrogens is 326 g/mol. The van der Waals surface area contributed by atoms with E-state index < -0.39 is 0 Å². The predicted octanol–water partition coefficient (Wildman–Crippen LogP) is 5.11. The van der Waals surface area contributed by atoms with Crippen molar-refractivity contribution in [3.63, 3.8) is 0 Å². The molecule has 1 aromatic heterocycles. The number of methoxy groups -OCH3 is 1. The minimum absolute atomic E-state index is 0.447. The molecule has 130 valence electrons. The van der Waals surface area contributed by atoms with Gasteiger partial charge in [-0.1, -0.05) is 6.07 Å². The molecule has 3 aromatic rings. The first-order valence-electron chi connectivity index (χ1n) is 8.15. The van der Waals surface area contributed by atoms with Gasteiger partial charge in [0.15, 0.2) is 0 Å². The summed E-state index contributed by atoms with van der Waals surface area (Å²) in [6.45, 7) is 4.07. The lowest BCUT2D eigenvalue weighted by atomic mass is 10.1. The van der Waals surface area contributed by atoms with Gasteiger partial charge in [0.05, 0.1) is 18.7 Å². The van der Waals surface area contributed by atoms with Gasteiger partial charge in [-0.05, 0) is 61.4 Å². The van der Waals surface area contributed by atoms with Crippen molar-refractivity contribution in [2.75, 3.05) is 12.4 Å². The molecule has 3 rings (SSSR count). The number of pyridine rings is 1. The minimum Gasteiger partial charge on any atom is -0.481 e. The number of nitrogens with one attached hydrogen (secondary N) is 1. The smallest absolute Gasteiger partial charge is 0.218 e. The normalized spacial score (nSPS) is 10.1. The van der Waals surface area contributed by atoms with E-state index in [-0.39, 0.29) is 0 Å². The minimum atomic E-state index is 0.447. The van der Waals surface area contributed by atoms with Gasteiger partial charge in [-0.2, -0.15) is 10.2 Å². The molecule has 0 aliphatic heterocycles. The number of aromatic nitrogens is 1. The first kappa shape index (κ1) is 17.3. The highest BCUT2D eigenvalue weighted by Gasteiger charge is 2.07. The number of anilines is 2. The summed E-state index contributed by atoms with van der Waals surface area (Å²) in [5.74, 6) is 2.43. The average molecular weight is 345 g/mol. The second-order valence-corrected chi connectivity index (χ2v) is 5.97. The third-order valence-electron chi connectivity index (χ3n) is 3.70. The molecule has 0 bridgehead atoms. The number of nitrogens with zero attached hydrogens (tertiary/aromatic N) is 2. The van der Waals surface area contributed by atoms with Crippen LogP contribution in [0.25, 0.3) is 0 Å². The van der Waals surface area contributed by atoms with Crippen molar-refractivity contribution in [3.8, 4) is 23.4 Å². The summed E-state index contributed by atoms with van der Waals surface area (Å²) < 4.78 is 11.3. The van der Waals surface area contributed by atoms with Crippen molar-refractivity contribution in [3.05, 3.63) is 71.3 Å². The molecule has 0 atom stereocenters. The highest BCUT2D eigenvalue weighted by molar-refractivity contribution is 5.59. The van der Waals surface area contributed by atoms with Crippen molar-refractivity contribution < 1.29 is 9.47 Å². The second-order valence-electron chi connectivity index (χ2n) is 5.97. The molecule has 5 nitrogen and oxygen atoms in total. The molecule has 0 radical (unpaired) electrons. The van der Waals surface area contributed by atoms with Gasteiger partial charge >= 0.3 is 0 Å². The van der Waals surface area contributed by atoms with Crippen LogP contribution in [0.5, 0.6) is 17.4 Å². The summed E-state index contributed by atoms with van der Waals surface area (Å²) in [6, 6.07) is 18.8. The molecular formula is C21H19N3O2. The van der Waals surface area contributed by atoms with Crippen LogP contribution in [-0.4, -0.2) is 12.1 Å². The number of hydrogen-bond acceptors (Lipinski definition) is 5. The highest BCUT2D eigenvalue weighted by Crippen LogP contribution is 2.29. The van der Waals surface area contributed by atoms with Crippen molar-refractivity contribution in [1.29, 1.82) is 5.26 Å². The molecule has 1 N–H and O–H groups in total. The predicted molar refractivity (Wildman–Crippen MR) is 101 cm³/mol. The van der Waals surface area contributed by atoms with Crippen molar-refractivity contribution in [2.45, 2.75) is 13.8 Å². The highest BCUT2D eigenvalue weighted by atomic mass is 16.5. The van der Waals surface area contributed by atoms with E-state index in [2.05, 4.69) is 22.4 Å². The number of benzene rings is 2. The van der Waals surface area contributed by atoms with E-state index in [4.69, 9.17) is 14.7 Å². The Morgan fingerprint density at radius 3 is 2.19 bits per heavy atom. The second kappa shape index (κ2) is 7.58. The molecule has 0 aliphatic rings. The van der Waals surface area contributed by atoms with Crippen LogP contribution >= 0.6 is 0 Å². The maximum absolute atomic E-state index is 8.89. The maximum Gasteiger partial charge on any atom is 0.218 e. The van der Waals surface area contributed by atoms with Crippen LogP contribution in [0.4, 0.5) is 11.5 Å². The maximum atomic E-state index is 8.89. The Hall–Kier alpha value is -3.52. The van der Waals surface area contributed by atoms with Gasteiger partial charge in [-0.15, -0.1) is 0 Å². The van der Waals surface area contributed by atoms with E-state index in [9.17, 15) is 0 Å². The van der Waals surface area contributed by atoms with Crippen LogP contribution in [0.2, 0.25) is 0 Å². The van der Waals surface area contributed by atoms with Crippen LogP contribution in [0, 0.1) is 25.2 Å². The third kappa shape index (κ3) is 4.31. The lowest BCUT2D eigenvalue weighted by Gasteiger charge is -2.12. The molecule has 2 aromatic carbocycles. The van der Waals surface area contributed by atoms with Gasteiger partial charge in [0, 0.05) is 17.8 Å². The summed E-state index contributed by atoms with van der Waals surface area (Å²) >= 11 is 0. The molecule has 0 fully saturated rings. The molecule has 0 saturated heterocycles. The summed E-state index contributed by atoms with van der Waals surface area (Å²) in [5.41, 5.74) is 3.70. The Kier molecular flexibility index (Phi) is 5.04. The van der Waals surface area contributed by atoms with Crippen LogP contribution < -0.4 is 14.8 Å². The zero-order valence-electron chi connectivity index (χ0n) is 14.9. The SMILES string of the molecule is COc1cc(Oc2cc(C)cc(C)c2)cc(Nc2ccc(C#N)cc2)n1. The summed E-state index contributed by atoms with van der Waals surface area (Å²) in [4.78, 5) is 4.39. The fourth-order valence-corrected chi connectivity index (χ4v) is 2.61. The van der Waals surface area contributed by atoms with Gasteiger partial charge in [0.1, 0.15) is 17.3 Å². The van der Waals surface area contributed by atoms with Crippen LogP contribution in [0.1, 0.15) is 16.7 Å². The number of nitriles is 1. The molecule has 0 spiro atoms. The van der Waals surface area contributed by atoms with Crippen LogP contribution in [0.3, 0.4) is 0 Å². The van der Waals surface area contributed by atoms with E-state index >= 15 is 0 Å². The van der Waals surface area contributed by atoms with Gasteiger partial charge in [0.25, 0.3) is 0 Å². The van der Waals surface area contributed by atoms with Crippen molar-refractivity contribution in [1.82, 2.24) is 4.98 Å². The van der Waals surface area contributed by atoms with Gasteiger partial charge < -0.3 is 14.8 Å². The van der Waals surface area contributed by atoms with Crippen LogP contribution in [-0.2, 0) is 0 Å². The number of hydrogen-bond donors (Lipinski definition) is 1. The average Bonchev–Trinajstić information content (AvgIpc) is 2.61.